The van der Waals surface area contributed by atoms with E-state index >= 15 is 0 Å². The van der Waals surface area contributed by atoms with Crippen LogP contribution < -0.4 is 15.9 Å². The number of alkyl halides is 2. The van der Waals surface area contributed by atoms with E-state index in [4.69, 9.17) is 35.9 Å². The number of halogens is 2. The number of carbonyl (C=O) groups is 1. The Morgan fingerprint density at radius 1 is 1.29 bits per heavy atom. The first-order chi connectivity index (χ1) is 17.8. The summed E-state index contributed by atoms with van der Waals surface area (Å²) in [7, 11) is -4.11. The van der Waals surface area contributed by atoms with Crippen LogP contribution in [0.1, 0.15) is 33.9 Å². The molecule has 0 saturated carbocycles. The number of hydrogen-bond acceptors (Lipinski definition) is 10. The third kappa shape index (κ3) is 6.73. The van der Waals surface area contributed by atoms with Crippen LogP contribution in [0.25, 0.3) is 0 Å². The number of anilines is 1. The second kappa shape index (κ2) is 12.1. The highest BCUT2D eigenvalue weighted by Crippen LogP contribution is 2.53. The number of aliphatic hydroxyl groups is 1. The number of para-hydroxylation sites is 1. The van der Waals surface area contributed by atoms with Crippen molar-refractivity contribution in [1.82, 2.24) is 9.55 Å². The van der Waals surface area contributed by atoms with Crippen molar-refractivity contribution in [2.75, 3.05) is 18.6 Å². The summed E-state index contributed by atoms with van der Waals surface area (Å²) in [6, 6.07) is 9.46. The van der Waals surface area contributed by atoms with Gasteiger partial charge in [-0.25, -0.2) is 13.8 Å². The summed E-state index contributed by atoms with van der Waals surface area (Å²) in [6.45, 7) is 5.03. The first-order valence-corrected chi connectivity index (χ1v) is 14.1. The lowest BCUT2D eigenvalue weighted by Crippen LogP contribution is -2.47. The van der Waals surface area contributed by atoms with Crippen molar-refractivity contribution in [2.45, 2.75) is 63.2 Å². The van der Waals surface area contributed by atoms with Gasteiger partial charge in [-0.15, -0.1) is 11.6 Å². The van der Waals surface area contributed by atoms with Crippen LogP contribution in [0.3, 0.4) is 0 Å². The summed E-state index contributed by atoms with van der Waals surface area (Å²) in [5, 5.41) is 11.0. The van der Waals surface area contributed by atoms with Gasteiger partial charge in [-0.2, -0.15) is 4.98 Å². The predicted octanol–water partition coefficient (Wildman–Crippen LogP) is 3.30. The molecule has 38 heavy (non-hydrogen) atoms. The highest BCUT2D eigenvalue weighted by molar-refractivity contribution is 7.54. The SMILES string of the molecule is CC(C)OC(=O)[C@H](C)C[P@](=O)(Oc1ccccc1)O[C@@H](C)[C@H]1O[C@@H](n2ccc(N)nc2=O)C(Cl)(CF)[C@H]1O. The maximum absolute atomic E-state index is 14.2. The minimum absolute atomic E-state index is 0.0671. The van der Waals surface area contributed by atoms with E-state index in [1.165, 1.54) is 26.1 Å². The van der Waals surface area contributed by atoms with Crippen molar-refractivity contribution in [3.05, 3.63) is 53.1 Å². The average molecular weight is 576 g/mol. The van der Waals surface area contributed by atoms with Gasteiger partial charge in [-0.1, -0.05) is 25.1 Å². The van der Waals surface area contributed by atoms with Crippen molar-refractivity contribution in [3.8, 4) is 5.75 Å². The lowest BCUT2D eigenvalue weighted by atomic mass is 9.97. The molecule has 1 fully saturated rings. The first-order valence-electron chi connectivity index (χ1n) is 12.0. The standard InChI is InChI=1S/C24H32ClFN3O8P/c1-14(2)34-21(31)15(3)12-38(33,37-17-8-6-5-7-9-17)36-16(4)19-20(30)24(25,13-26)22(35-19)29-11-10-18(27)28-23(29)32/h5-11,14-16,19-20,22,30H,12-13H2,1-4H3,(H2,27,28,32)/t15-,16+,19-,20+,22-,24?,38-/m1/s1. The average Bonchev–Trinajstić information content (AvgIpc) is 3.10. The van der Waals surface area contributed by atoms with Crippen LogP contribution in [0.5, 0.6) is 5.75 Å². The summed E-state index contributed by atoms with van der Waals surface area (Å²) in [5.41, 5.74) is 4.66. The molecule has 0 radical (unpaired) electrons. The highest BCUT2D eigenvalue weighted by atomic mass is 35.5. The van der Waals surface area contributed by atoms with Crippen molar-refractivity contribution < 1.29 is 37.4 Å². The van der Waals surface area contributed by atoms with Crippen LogP contribution in [0, 0.1) is 5.92 Å². The van der Waals surface area contributed by atoms with Gasteiger partial charge < -0.3 is 24.8 Å². The van der Waals surface area contributed by atoms with E-state index < -0.39 is 61.3 Å². The Balaban J connectivity index is 1.88. The molecule has 11 nitrogen and oxygen atoms in total. The van der Waals surface area contributed by atoms with E-state index in [2.05, 4.69) is 4.98 Å². The van der Waals surface area contributed by atoms with Gasteiger partial charge in [0.25, 0.3) is 0 Å². The van der Waals surface area contributed by atoms with Gasteiger partial charge in [0, 0.05) is 6.20 Å². The van der Waals surface area contributed by atoms with Gasteiger partial charge >= 0.3 is 19.3 Å². The van der Waals surface area contributed by atoms with E-state index in [9.17, 15) is 23.7 Å². The molecule has 7 atom stereocenters. The third-order valence-corrected chi connectivity index (χ3v) is 8.49. The van der Waals surface area contributed by atoms with Crippen molar-refractivity contribution in [3.63, 3.8) is 0 Å². The minimum atomic E-state index is -4.11. The van der Waals surface area contributed by atoms with Crippen molar-refractivity contribution in [2.24, 2.45) is 5.92 Å². The maximum Gasteiger partial charge on any atom is 0.380 e. The quantitative estimate of drug-likeness (QED) is 0.232. The molecule has 14 heteroatoms. The topological polar surface area (TPSA) is 152 Å². The van der Waals surface area contributed by atoms with Gasteiger partial charge in [0.2, 0.25) is 0 Å². The predicted molar refractivity (Wildman–Crippen MR) is 138 cm³/mol. The van der Waals surface area contributed by atoms with Crippen LogP contribution in [0.4, 0.5) is 10.2 Å². The Labute approximate surface area is 224 Å². The molecule has 1 saturated heterocycles. The number of benzene rings is 1. The molecule has 2 aromatic rings. The number of rotatable bonds is 11. The Morgan fingerprint density at radius 2 is 1.95 bits per heavy atom. The smallest absolute Gasteiger partial charge is 0.380 e. The molecule has 1 aromatic heterocycles. The van der Waals surface area contributed by atoms with Crippen LogP contribution in [-0.4, -0.2) is 62.8 Å². The maximum atomic E-state index is 14.2. The molecular formula is C24H32ClFN3O8P. The third-order valence-electron chi connectivity index (χ3n) is 5.84. The Hall–Kier alpha value is -2.50. The van der Waals surface area contributed by atoms with Gasteiger partial charge in [-0.3, -0.25) is 13.9 Å². The number of hydrogen-bond donors (Lipinski definition) is 2. The number of esters is 1. The number of carbonyl (C=O) groups excluding carboxylic acids is 1. The lowest BCUT2D eigenvalue weighted by molar-refractivity contribution is -0.151. The number of aromatic nitrogens is 2. The van der Waals surface area contributed by atoms with Crippen LogP contribution in [-0.2, 0) is 23.4 Å². The molecule has 0 aliphatic carbocycles. The number of nitrogens with two attached hydrogens (primary N) is 1. The second-order valence-electron chi connectivity index (χ2n) is 9.40. The zero-order valence-corrected chi connectivity index (χ0v) is 23.0. The molecule has 0 spiro atoms. The van der Waals surface area contributed by atoms with Gasteiger partial charge in [0.05, 0.1) is 24.3 Å². The van der Waals surface area contributed by atoms with Crippen LogP contribution >= 0.6 is 19.2 Å². The van der Waals surface area contributed by atoms with Crippen molar-refractivity contribution >= 4 is 31.0 Å². The largest absolute Gasteiger partial charge is 0.463 e. The normalized spacial score (nSPS) is 26.5. The monoisotopic (exact) mass is 575 g/mol. The van der Waals surface area contributed by atoms with Crippen LogP contribution in [0.2, 0.25) is 0 Å². The Kier molecular flexibility index (Phi) is 9.59. The zero-order chi connectivity index (χ0) is 28.3. The van der Waals surface area contributed by atoms with E-state index in [1.54, 1.807) is 44.2 Å². The molecule has 1 aliphatic rings. The van der Waals surface area contributed by atoms with Gasteiger partial charge in [0.15, 0.2) is 6.23 Å². The van der Waals surface area contributed by atoms with E-state index in [1.807, 2.05) is 0 Å². The Morgan fingerprint density at radius 3 is 2.53 bits per heavy atom. The molecule has 210 valence electrons. The lowest BCUT2D eigenvalue weighted by Gasteiger charge is -2.29. The summed E-state index contributed by atoms with van der Waals surface area (Å²) >= 11 is 6.45. The van der Waals surface area contributed by atoms with Gasteiger partial charge in [-0.05, 0) is 39.0 Å². The number of nitrogen functional groups attached to an aromatic ring is 1. The van der Waals surface area contributed by atoms with Crippen molar-refractivity contribution in [1.29, 1.82) is 0 Å². The molecule has 3 rings (SSSR count). The second-order valence-corrected chi connectivity index (χ2v) is 12.1. The fourth-order valence-corrected chi connectivity index (χ4v) is 6.36. The van der Waals surface area contributed by atoms with Gasteiger partial charge in [0.1, 0.15) is 35.3 Å². The van der Waals surface area contributed by atoms with E-state index in [-0.39, 0.29) is 23.8 Å². The summed E-state index contributed by atoms with van der Waals surface area (Å²) in [4.78, 5) is 26.3. The van der Waals surface area contributed by atoms with E-state index in [0.29, 0.717) is 0 Å². The molecule has 3 N–H and O–H groups in total. The zero-order valence-electron chi connectivity index (χ0n) is 21.4. The fraction of sp³-hybridized carbons (Fsp3) is 0.542. The number of nitrogens with zero attached hydrogens (tertiary/aromatic N) is 2. The molecular weight excluding hydrogens is 544 g/mol. The molecule has 0 bridgehead atoms. The minimum Gasteiger partial charge on any atom is -0.463 e. The summed E-state index contributed by atoms with van der Waals surface area (Å²) in [6.07, 6.45) is -5.26. The molecule has 1 unspecified atom stereocenters. The molecule has 1 aromatic carbocycles. The summed E-state index contributed by atoms with van der Waals surface area (Å²) in [5.74, 6) is -1.33. The Bertz CT molecular complexity index is 1220. The summed E-state index contributed by atoms with van der Waals surface area (Å²) < 4.78 is 51.6. The van der Waals surface area contributed by atoms with E-state index in [0.717, 1.165) is 4.57 Å². The fourth-order valence-electron chi connectivity index (χ4n) is 3.98. The molecule has 1 aliphatic heterocycles. The first kappa shape index (κ1) is 30.0. The number of aliphatic hydroxyl groups excluding tert-OH is 1. The molecule has 2 heterocycles. The number of ether oxygens (including phenoxy) is 2. The highest BCUT2D eigenvalue weighted by Gasteiger charge is 2.59. The molecule has 0 amide bonds. The van der Waals surface area contributed by atoms with Crippen LogP contribution in [0.15, 0.2) is 47.4 Å².